The second-order valence-electron chi connectivity index (χ2n) is 8.97. The van der Waals surface area contributed by atoms with Gasteiger partial charge in [0.2, 0.25) is 5.91 Å². The monoisotopic (exact) mass is 398 g/mol. The van der Waals surface area contributed by atoms with Crippen LogP contribution in [0.3, 0.4) is 0 Å². The first-order valence-corrected chi connectivity index (χ1v) is 11.4. The maximum Gasteiger partial charge on any atom is 0.315 e. The Morgan fingerprint density at radius 1 is 0.966 bits per heavy atom. The highest BCUT2D eigenvalue weighted by Gasteiger charge is 2.28. The molecule has 2 saturated carbocycles. The minimum atomic E-state index is -0.433. The molecule has 158 valence electrons. The quantitative estimate of drug-likeness (QED) is 0.592. The van der Waals surface area contributed by atoms with Crippen molar-refractivity contribution in [3.63, 3.8) is 0 Å². The van der Waals surface area contributed by atoms with E-state index < -0.39 is 6.04 Å². The van der Waals surface area contributed by atoms with E-state index in [0.29, 0.717) is 25.0 Å². The molecule has 1 aromatic rings. The summed E-state index contributed by atoms with van der Waals surface area (Å²) in [6.45, 7) is 1.08. The number of anilines is 1. The van der Waals surface area contributed by atoms with E-state index in [1.807, 2.05) is 0 Å². The van der Waals surface area contributed by atoms with Crippen molar-refractivity contribution in [2.45, 2.75) is 75.8 Å². The maximum absolute atomic E-state index is 12.1. The number of hydrogen-bond acceptors (Lipinski definition) is 3. The molecule has 6 heteroatoms. The first kappa shape index (κ1) is 20.0. The molecule has 1 aliphatic heterocycles. The Balaban J connectivity index is 1.17. The van der Waals surface area contributed by atoms with E-state index >= 15 is 0 Å². The average molecular weight is 399 g/mol. The summed E-state index contributed by atoms with van der Waals surface area (Å²) >= 11 is 0. The first-order valence-electron chi connectivity index (χ1n) is 11.4. The van der Waals surface area contributed by atoms with Crippen LogP contribution in [0.25, 0.3) is 0 Å². The molecule has 1 heterocycles. The van der Waals surface area contributed by atoms with E-state index in [1.54, 1.807) is 0 Å². The Hall–Kier alpha value is -2.24. The highest BCUT2D eigenvalue weighted by Crippen LogP contribution is 2.33. The van der Waals surface area contributed by atoms with Crippen LogP contribution >= 0.6 is 0 Å². The van der Waals surface area contributed by atoms with Gasteiger partial charge in [0.05, 0.1) is 0 Å². The van der Waals surface area contributed by atoms with Gasteiger partial charge < -0.3 is 21.3 Å². The van der Waals surface area contributed by atoms with Crippen molar-refractivity contribution >= 4 is 17.6 Å². The van der Waals surface area contributed by atoms with Crippen LogP contribution in [0.4, 0.5) is 10.5 Å². The van der Waals surface area contributed by atoms with Crippen molar-refractivity contribution in [1.82, 2.24) is 16.0 Å². The Bertz CT molecular complexity index is 691. The van der Waals surface area contributed by atoms with Gasteiger partial charge in [-0.3, -0.25) is 4.79 Å². The van der Waals surface area contributed by atoms with E-state index in [2.05, 4.69) is 45.5 Å². The van der Waals surface area contributed by atoms with E-state index in [0.717, 1.165) is 31.6 Å². The number of carbonyl (C=O) groups is 2. The highest BCUT2D eigenvalue weighted by atomic mass is 16.2. The van der Waals surface area contributed by atoms with Gasteiger partial charge in [0, 0.05) is 24.8 Å². The number of hydrogen-bond donors (Lipinski definition) is 4. The predicted molar refractivity (Wildman–Crippen MR) is 115 cm³/mol. The van der Waals surface area contributed by atoms with Crippen molar-refractivity contribution in [3.05, 3.63) is 29.8 Å². The lowest BCUT2D eigenvalue weighted by atomic mass is 9.84. The van der Waals surface area contributed by atoms with Crippen LogP contribution in [0, 0.1) is 5.92 Å². The minimum absolute atomic E-state index is 0.0818. The zero-order valence-corrected chi connectivity index (χ0v) is 17.2. The molecule has 3 fully saturated rings. The number of amides is 3. The molecule has 1 aromatic carbocycles. The van der Waals surface area contributed by atoms with Crippen LogP contribution in [0.2, 0.25) is 0 Å². The van der Waals surface area contributed by atoms with Crippen molar-refractivity contribution < 1.29 is 9.59 Å². The van der Waals surface area contributed by atoms with Crippen LogP contribution in [0.5, 0.6) is 0 Å². The molecule has 2 aliphatic carbocycles. The predicted octanol–water partition coefficient (Wildman–Crippen LogP) is 3.50. The summed E-state index contributed by atoms with van der Waals surface area (Å²) in [5.74, 6) is 1.20. The standard InChI is InChI=1S/C23H34N4O2/c28-22(21-15-25-23(29)27-21)24-14-16-6-10-19(11-7-16)26-20-12-8-18(9-13-20)17-4-2-1-3-5-17/h8-9,12-13,16-17,19,21,26H,1-7,10-11,14-15H2,(H,24,28)(H2,25,27,29). The van der Waals surface area contributed by atoms with E-state index in [1.165, 1.54) is 43.4 Å². The Kier molecular flexibility index (Phi) is 6.57. The molecule has 3 aliphatic rings. The van der Waals surface area contributed by atoms with Crippen LogP contribution in [-0.4, -0.2) is 37.1 Å². The lowest BCUT2D eigenvalue weighted by Gasteiger charge is -2.30. The van der Waals surface area contributed by atoms with Gasteiger partial charge in [-0.05, 0) is 68.1 Å². The van der Waals surface area contributed by atoms with Crippen LogP contribution in [-0.2, 0) is 4.79 Å². The molecule has 6 nitrogen and oxygen atoms in total. The Morgan fingerprint density at radius 2 is 1.69 bits per heavy atom. The number of carbonyl (C=O) groups excluding carboxylic acids is 2. The lowest BCUT2D eigenvalue weighted by molar-refractivity contribution is -0.122. The molecule has 0 radical (unpaired) electrons. The van der Waals surface area contributed by atoms with Gasteiger partial charge in [0.1, 0.15) is 6.04 Å². The summed E-state index contributed by atoms with van der Waals surface area (Å²) in [6, 6.07) is 8.95. The van der Waals surface area contributed by atoms with E-state index in [4.69, 9.17) is 0 Å². The molecular weight excluding hydrogens is 364 g/mol. The van der Waals surface area contributed by atoms with Gasteiger partial charge in [-0.25, -0.2) is 4.79 Å². The molecule has 4 N–H and O–H groups in total. The molecule has 29 heavy (non-hydrogen) atoms. The third kappa shape index (κ3) is 5.43. The summed E-state index contributed by atoms with van der Waals surface area (Å²) < 4.78 is 0. The fourth-order valence-corrected chi connectivity index (χ4v) is 5.02. The fraction of sp³-hybridized carbons (Fsp3) is 0.652. The zero-order chi connectivity index (χ0) is 20.1. The molecule has 1 saturated heterocycles. The van der Waals surface area contributed by atoms with Gasteiger partial charge >= 0.3 is 6.03 Å². The van der Waals surface area contributed by atoms with Gasteiger partial charge in [-0.2, -0.15) is 0 Å². The van der Waals surface area contributed by atoms with Gasteiger partial charge in [-0.15, -0.1) is 0 Å². The maximum atomic E-state index is 12.1. The average Bonchev–Trinajstić information content (AvgIpc) is 3.21. The third-order valence-corrected chi connectivity index (χ3v) is 6.86. The topological polar surface area (TPSA) is 82.3 Å². The lowest BCUT2D eigenvalue weighted by Crippen LogP contribution is -2.45. The summed E-state index contributed by atoms with van der Waals surface area (Å²) in [4.78, 5) is 23.2. The number of rotatable bonds is 6. The van der Waals surface area contributed by atoms with Crippen molar-refractivity contribution in [2.75, 3.05) is 18.4 Å². The van der Waals surface area contributed by atoms with Crippen molar-refractivity contribution in [3.8, 4) is 0 Å². The van der Waals surface area contributed by atoms with Crippen molar-refractivity contribution in [1.29, 1.82) is 0 Å². The normalized spacial score (nSPS) is 27.7. The molecule has 3 amide bonds. The summed E-state index contributed by atoms with van der Waals surface area (Å²) in [5.41, 5.74) is 2.73. The largest absolute Gasteiger partial charge is 0.382 e. The van der Waals surface area contributed by atoms with Crippen LogP contribution in [0.15, 0.2) is 24.3 Å². The van der Waals surface area contributed by atoms with Gasteiger partial charge in [0.25, 0.3) is 0 Å². The molecule has 1 atom stereocenters. The number of urea groups is 1. The third-order valence-electron chi connectivity index (χ3n) is 6.86. The summed E-state index contributed by atoms with van der Waals surface area (Å²) in [6.07, 6.45) is 11.3. The van der Waals surface area contributed by atoms with Crippen LogP contribution < -0.4 is 21.3 Å². The number of nitrogens with one attached hydrogen (secondary N) is 4. The highest BCUT2D eigenvalue weighted by molar-refractivity contribution is 5.90. The zero-order valence-electron chi connectivity index (χ0n) is 17.2. The first-order chi connectivity index (χ1) is 14.2. The fourth-order valence-electron chi connectivity index (χ4n) is 5.02. The molecule has 0 spiro atoms. The second kappa shape index (κ2) is 9.51. The molecule has 0 bridgehead atoms. The smallest absolute Gasteiger partial charge is 0.315 e. The van der Waals surface area contributed by atoms with E-state index in [-0.39, 0.29) is 11.9 Å². The van der Waals surface area contributed by atoms with Crippen molar-refractivity contribution in [2.24, 2.45) is 5.92 Å². The summed E-state index contributed by atoms with van der Waals surface area (Å²) in [5, 5.41) is 12.0. The van der Waals surface area contributed by atoms with Gasteiger partial charge in [0.15, 0.2) is 0 Å². The Labute approximate surface area is 173 Å². The van der Waals surface area contributed by atoms with E-state index in [9.17, 15) is 9.59 Å². The molecular formula is C23H34N4O2. The van der Waals surface area contributed by atoms with Gasteiger partial charge in [-0.1, -0.05) is 31.4 Å². The molecule has 1 unspecified atom stereocenters. The number of benzene rings is 1. The Morgan fingerprint density at radius 3 is 2.34 bits per heavy atom. The van der Waals surface area contributed by atoms with Crippen LogP contribution in [0.1, 0.15) is 69.3 Å². The minimum Gasteiger partial charge on any atom is -0.382 e. The second-order valence-corrected chi connectivity index (χ2v) is 8.97. The molecule has 0 aromatic heterocycles. The SMILES string of the molecule is O=C1NCC(C(=O)NCC2CCC(Nc3ccc(C4CCCCC4)cc3)CC2)N1. The summed E-state index contributed by atoms with van der Waals surface area (Å²) in [7, 11) is 0. The molecule has 4 rings (SSSR count).